The van der Waals surface area contributed by atoms with Crippen molar-refractivity contribution in [2.24, 2.45) is 0 Å². The van der Waals surface area contributed by atoms with Crippen LogP contribution in [0.25, 0.3) is 6.08 Å². The van der Waals surface area contributed by atoms with Crippen molar-refractivity contribution in [2.45, 2.75) is 45.0 Å². The molecule has 0 unspecified atom stereocenters. The monoisotopic (exact) mass is 246 g/mol. The van der Waals surface area contributed by atoms with Crippen molar-refractivity contribution in [3.63, 3.8) is 0 Å². The fraction of sp³-hybridized carbons (Fsp3) is 0.467. The van der Waals surface area contributed by atoms with Crippen LogP contribution >= 0.6 is 0 Å². The molecule has 0 saturated heterocycles. The van der Waals surface area contributed by atoms with E-state index in [4.69, 9.17) is 4.43 Å². The van der Waals surface area contributed by atoms with E-state index in [0.717, 1.165) is 0 Å². The largest absolute Gasteiger partial charge is 0.406 e. The number of rotatable bonds is 2. The Kier molecular flexibility index (Phi) is 3.04. The molecule has 0 N–H and O–H groups in total. The summed E-state index contributed by atoms with van der Waals surface area (Å²) in [4.78, 5) is 0. The molecule has 1 aliphatic rings. The van der Waals surface area contributed by atoms with Gasteiger partial charge in [-0.15, -0.1) is 0 Å². The lowest BCUT2D eigenvalue weighted by Crippen LogP contribution is -2.41. The van der Waals surface area contributed by atoms with E-state index in [1.165, 1.54) is 11.1 Å². The molecule has 0 saturated carbocycles. The summed E-state index contributed by atoms with van der Waals surface area (Å²) in [6.45, 7) is 11.5. The van der Waals surface area contributed by atoms with Crippen LogP contribution in [0.1, 0.15) is 38.0 Å². The van der Waals surface area contributed by atoms with Crippen LogP contribution in [0.3, 0.4) is 0 Å². The third kappa shape index (κ3) is 2.38. The first-order valence-corrected chi connectivity index (χ1v) is 9.17. The predicted octanol–water partition coefficient (Wildman–Crippen LogP) is 4.78. The molecule has 0 spiro atoms. The lowest BCUT2D eigenvalue weighted by Gasteiger charge is -2.38. The Balaban J connectivity index is 2.21. The van der Waals surface area contributed by atoms with Crippen LogP contribution in [0.2, 0.25) is 18.1 Å². The number of fused-ring (bicyclic) bond motifs is 1. The first-order valence-electron chi connectivity index (χ1n) is 6.26. The molecule has 2 rings (SSSR count). The van der Waals surface area contributed by atoms with Gasteiger partial charge in [-0.3, -0.25) is 0 Å². The highest BCUT2D eigenvalue weighted by atomic mass is 28.4. The predicted molar refractivity (Wildman–Crippen MR) is 76.5 cm³/mol. The fourth-order valence-electron chi connectivity index (χ4n) is 1.81. The molecule has 0 heterocycles. The van der Waals surface area contributed by atoms with Crippen LogP contribution in [-0.4, -0.2) is 8.32 Å². The minimum atomic E-state index is -1.69. The zero-order chi connectivity index (χ0) is 12.7. The number of benzene rings is 1. The maximum absolute atomic E-state index is 6.44. The van der Waals surface area contributed by atoms with Crippen molar-refractivity contribution < 1.29 is 4.43 Å². The number of hydrogen-bond acceptors (Lipinski definition) is 1. The molecule has 92 valence electrons. The van der Waals surface area contributed by atoms with Crippen LogP contribution in [0.4, 0.5) is 0 Å². The quantitative estimate of drug-likeness (QED) is 0.683. The number of hydrogen-bond donors (Lipinski definition) is 0. The first-order chi connectivity index (χ1) is 7.81. The van der Waals surface area contributed by atoms with E-state index in [-0.39, 0.29) is 11.1 Å². The van der Waals surface area contributed by atoms with Gasteiger partial charge in [-0.1, -0.05) is 57.2 Å². The molecular weight excluding hydrogens is 224 g/mol. The topological polar surface area (TPSA) is 9.23 Å². The van der Waals surface area contributed by atoms with Crippen molar-refractivity contribution >= 4 is 14.4 Å². The molecule has 1 nitrogen and oxygen atoms in total. The van der Waals surface area contributed by atoms with Gasteiger partial charge >= 0.3 is 0 Å². The fourth-order valence-corrected chi connectivity index (χ4v) is 3.01. The van der Waals surface area contributed by atoms with Gasteiger partial charge in [0.15, 0.2) is 8.32 Å². The Hall–Kier alpha value is -0.863. The highest BCUT2D eigenvalue weighted by molar-refractivity contribution is 6.74. The first kappa shape index (κ1) is 12.6. The highest BCUT2D eigenvalue weighted by Crippen LogP contribution is 2.42. The Morgan fingerprint density at radius 2 is 1.76 bits per heavy atom. The summed E-state index contributed by atoms with van der Waals surface area (Å²) in [6.07, 6.45) is 4.52. The van der Waals surface area contributed by atoms with Crippen LogP contribution < -0.4 is 0 Å². The van der Waals surface area contributed by atoms with E-state index in [1.54, 1.807) is 0 Å². The van der Waals surface area contributed by atoms with Crippen LogP contribution in [0, 0.1) is 0 Å². The summed E-state index contributed by atoms with van der Waals surface area (Å²) in [6, 6.07) is 8.50. The van der Waals surface area contributed by atoms with Crippen molar-refractivity contribution in [3.05, 3.63) is 41.5 Å². The summed E-state index contributed by atoms with van der Waals surface area (Å²) in [5.74, 6) is 0. The van der Waals surface area contributed by atoms with Gasteiger partial charge in [0, 0.05) is 0 Å². The summed E-state index contributed by atoms with van der Waals surface area (Å²) >= 11 is 0. The molecule has 0 aliphatic heterocycles. The second-order valence-corrected chi connectivity index (χ2v) is 11.0. The Labute approximate surface area is 106 Å². The normalized spacial score (nSPS) is 19.5. The minimum absolute atomic E-state index is 0.159. The molecule has 17 heavy (non-hydrogen) atoms. The molecule has 0 radical (unpaired) electrons. The average Bonchev–Trinajstić information content (AvgIpc) is 2.60. The summed E-state index contributed by atoms with van der Waals surface area (Å²) in [5.41, 5.74) is 2.62. The molecule has 0 aromatic heterocycles. The van der Waals surface area contributed by atoms with E-state index in [2.05, 4.69) is 70.3 Å². The zero-order valence-electron chi connectivity index (χ0n) is 11.4. The second-order valence-electron chi connectivity index (χ2n) is 6.29. The van der Waals surface area contributed by atoms with Gasteiger partial charge in [-0.05, 0) is 29.3 Å². The van der Waals surface area contributed by atoms with Gasteiger partial charge in [0.1, 0.15) is 0 Å². The molecule has 1 aromatic carbocycles. The van der Waals surface area contributed by atoms with E-state index in [1.807, 2.05) is 0 Å². The molecule has 0 fully saturated rings. The van der Waals surface area contributed by atoms with Crippen molar-refractivity contribution in [2.75, 3.05) is 0 Å². The molecule has 1 aliphatic carbocycles. The SMILES string of the molecule is CC(C)(C)[Si](C)(C)O[C@@H]1C=Cc2ccccc21. The Morgan fingerprint density at radius 3 is 2.41 bits per heavy atom. The third-order valence-corrected chi connectivity index (χ3v) is 8.44. The second kappa shape index (κ2) is 4.11. The highest BCUT2D eigenvalue weighted by Gasteiger charge is 2.39. The van der Waals surface area contributed by atoms with Crippen LogP contribution in [-0.2, 0) is 4.43 Å². The van der Waals surface area contributed by atoms with E-state index in [0.29, 0.717) is 0 Å². The summed E-state index contributed by atoms with van der Waals surface area (Å²) in [5, 5.41) is 0.262. The molecule has 0 bridgehead atoms. The van der Waals surface area contributed by atoms with E-state index in [9.17, 15) is 0 Å². The van der Waals surface area contributed by atoms with Gasteiger partial charge in [0.25, 0.3) is 0 Å². The summed E-state index contributed by atoms with van der Waals surface area (Å²) in [7, 11) is -1.69. The summed E-state index contributed by atoms with van der Waals surface area (Å²) < 4.78 is 6.44. The van der Waals surface area contributed by atoms with Crippen molar-refractivity contribution in [1.29, 1.82) is 0 Å². The Morgan fingerprint density at radius 1 is 1.12 bits per heavy atom. The van der Waals surface area contributed by atoms with Crippen LogP contribution in [0.15, 0.2) is 30.3 Å². The molecule has 0 amide bonds. The standard InChI is InChI=1S/C15H22OSi/c1-15(2,3)17(4,5)16-14-11-10-12-8-6-7-9-13(12)14/h6-11,14H,1-5H3/t14-/m1/s1. The van der Waals surface area contributed by atoms with Gasteiger partial charge in [0.05, 0.1) is 6.10 Å². The smallest absolute Gasteiger partial charge is 0.193 e. The van der Waals surface area contributed by atoms with Gasteiger partial charge in [0.2, 0.25) is 0 Å². The molecule has 1 aromatic rings. The third-order valence-electron chi connectivity index (χ3n) is 3.98. The maximum atomic E-state index is 6.44. The van der Waals surface area contributed by atoms with Gasteiger partial charge in [-0.2, -0.15) is 0 Å². The minimum Gasteiger partial charge on any atom is -0.406 e. The Bertz CT molecular complexity index is 440. The molecule has 1 atom stereocenters. The zero-order valence-corrected chi connectivity index (χ0v) is 12.4. The lowest BCUT2D eigenvalue weighted by atomic mass is 10.1. The van der Waals surface area contributed by atoms with E-state index >= 15 is 0 Å². The van der Waals surface area contributed by atoms with E-state index < -0.39 is 8.32 Å². The van der Waals surface area contributed by atoms with Crippen molar-refractivity contribution in [3.8, 4) is 0 Å². The molecule has 2 heteroatoms. The maximum Gasteiger partial charge on any atom is 0.193 e. The van der Waals surface area contributed by atoms with Crippen LogP contribution in [0.5, 0.6) is 0 Å². The van der Waals surface area contributed by atoms with Gasteiger partial charge < -0.3 is 4.43 Å². The average molecular weight is 246 g/mol. The van der Waals surface area contributed by atoms with Gasteiger partial charge in [-0.25, -0.2) is 0 Å². The molecular formula is C15H22OSi. The lowest BCUT2D eigenvalue weighted by molar-refractivity contribution is 0.232. The van der Waals surface area contributed by atoms with Crippen molar-refractivity contribution in [1.82, 2.24) is 0 Å².